The van der Waals surface area contributed by atoms with Gasteiger partial charge in [-0.2, -0.15) is 0 Å². The number of hydrogen-bond acceptors (Lipinski definition) is 2. The summed E-state index contributed by atoms with van der Waals surface area (Å²) in [6.45, 7) is 3.57. The zero-order valence-corrected chi connectivity index (χ0v) is 12.4. The Kier molecular flexibility index (Phi) is 4.78. The van der Waals surface area contributed by atoms with Crippen LogP contribution in [0.4, 0.5) is 14.5 Å². The lowest BCUT2D eigenvalue weighted by Gasteiger charge is -2.22. The van der Waals surface area contributed by atoms with Crippen LogP contribution in [0.5, 0.6) is 5.75 Å². The molecule has 0 bridgehead atoms. The number of aryl methyl sites for hydroxylation is 1. The van der Waals surface area contributed by atoms with Crippen LogP contribution >= 0.6 is 0 Å². The van der Waals surface area contributed by atoms with E-state index in [0.29, 0.717) is 17.7 Å². The van der Waals surface area contributed by atoms with E-state index in [9.17, 15) is 8.78 Å². The van der Waals surface area contributed by atoms with Crippen LogP contribution in [-0.2, 0) is 0 Å². The number of methoxy groups -OCH3 is 1. The van der Waals surface area contributed by atoms with E-state index in [-0.39, 0.29) is 11.7 Å². The van der Waals surface area contributed by atoms with Crippen molar-refractivity contribution in [2.24, 2.45) is 0 Å². The Labute approximate surface area is 123 Å². The van der Waals surface area contributed by atoms with Crippen molar-refractivity contribution in [1.29, 1.82) is 0 Å². The molecular weight excluding hydrogens is 272 g/mol. The number of benzene rings is 2. The summed E-state index contributed by atoms with van der Waals surface area (Å²) in [5.74, 6) is -0.444. The minimum Gasteiger partial charge on any atom is -0.496 e. The standard InChI is InChI=1S/C17H19F2NO/c1-4-14(12-7-5-6-8-15(12)21-3)20-17-13(18)10-9-11(2)16(17)19/h5-10,14,20H,4H2,1-3H3. The van der Waals surface area contributed by atoms with Gasteiger partial charge in [-0.15, -0.1) is 0 Å². The number of halogens is 2. The maximum absolute atomic E-state index is 14.1. The molecule has 2 nitrogen and oxygen atoms in total. The molecule has 1 unspecified atom stereocenters. The second kappa shape index (κ2) is 6.57. The van der Waals surface area contributed by atoms with E-state index in [1.807, 2.05) is 31.2 Å². The zero-order valence-electron chi connectivity index (χ0n) is 12.4. The summed E-state index contributed by atoms with van der Waals surface area (Å²) in [7, 11) is 1.58. The summed E-state index contributed by atoms with van der Waals surface area (Å²) >= 11 is 0. The van der Waals surface area contributed by atoms with Crippen molar-refractivity contribution in [1.82, 2.24) is 0 Å². The van der Waals surface area contributed by atoms with Crippen LogP contribution < -0.4 is 10.1 Å². The Hall–Kier alpha value is -2.10. The normalized spacial score (nSPS) is 12.0. The predicted molar refractivity (Wildman–Crippen MR) is 80.7 cm³/mol. The molecule has 0 saturated heterocycles. The summed E-state index contributed by atoms with van der Waals surface area (Å²) in [5, 5.41) is 2.97. The van der Waals surface area contributed by atoms with Gasteiger partial charge in [-0.3, -0.25) is 0 Å². The molecule has 4 heteroatoms. The van der Waals surface area contributed by atoms with Crippen molar-refractivity contribution in [3.05, 3.63) is 59.2 Å². The second-order valence-electron chi connectivity index (χ2n) is 4.90. The third-order valence-corrected chi connectivity index (χ3v) is 3.53. The van der Waals surface area contributed by atoms with E-state index in [4.69, 9.17) is 4.74 Å². The van der Waals surface area contributed by atoms with Crippen molar-refractivity contribution >= 4 is 5.69 Å². The molecule has 0 heterocycles. The first-order chi connectivity index (χ1) is 10.1. The SMILES string of the molecule is CCC(Nc1c(F)ccc(C)c1F)c1ccccc1OC. The molecule has 1 N–H and O–H groups in total. The first kappa shape index (κ1) is 15.3. The highest BCUT2D eigenvalue weighted by molar-refractivity contribution is 5.52. The summed E-state index contributed by atoms with van der Waals surface area (Å²) in [6.07, 6.45) is 0.674. The smallest absolute Gasteiger partial charge is 0.152 e. The highest BCUT2D eigenvalue weighted by atomic mass is 19.1. The Morgan fingerprint density at radius 1 is 1.14 bits per heavy atom. The van der Waals surface area contributed by atoms with Crippen molar-refractivity contribution < 1.29 is 13.5 Å². The monoisotopic (exact) mass is 291 g/mol. The molecule has 2 aromatic carbocycles. The first-order valence-corrected chi connectivity index (χ1v) is 6.92. The fourth-order valence-corrected chi connectivity index (χ4v) is 2.32. The summed E-state index contributed by atoms with van der Waals surface area (Å²) < 4.78 is 33.3. The van der Waals surface area contributed by atoms with Gasteiger partial charge in [-0.1, -0.05) is 31.2 Å². The second-order valence-corrected chi connectivity index (χ2v) is 4.90. The van der Waals surface area contributed by atoms with E-state index >= 15 is 0 Å². The maximum Gasteiger partial charge on any atom is 0.152 e. The minimum absolute atomic E-state index is 0.0900. The number of hydrogen-bond donors (Lipinski definition) is 1. The molecule has 2 rings (SSSR count). The molecule has 0 amide bonds. The van der Waals surface area contributed by atoms with Gasteiger partial charge in [-0.05, 0) is 31.0 Å². The summed E-state index contributed by atoms with van der Waals surface area (Å²) in [5.41, 5.74) is 1.20. The van der Waals surface area contributed by atoms with Crippen LogP contribution in [-0.4, -0.2) is 7.11 Å². The Bertz CT molecular complexity index is 628. The van der Waals surface area contributed by atoms with Gasteiger partial charge in [-0.25, -0.2) is 8.78 Å². The highest BCUT2D eigenvalue weighted by Crippen LogP contribution is 2.32. The maximum atomic E-state index is 14.1. The fourth-order valence-electron chi connectivity index (χ4n) is 2.32. The quantitative estimate of drug-likeness (QED) is 0.850. The molecule has 0 aliphatic rings. The van der Waals surface area contributed by atoms with Gasteiger partial charge < -0.3 is 10.1 Å². The Morgan fingerprint density at radius 3 is 2.52 bits per heavy atom. The van der Waals surface area contributed by atoms with Crippen LogP contribution in [0.15, 0.2) is 36.4 Å². The molecule has 2 aromatic rings. The number of anilines is 1. The van der Waals surface area contributed by atoms with Gasteiger partial charge in [0.1, 0.15) is 17.3 Å². The van der Waals surface area contributed by atoms with Gasteiger partial charge >= 0.3 is 0 Å². The van der Waals surface area contributed by atoms with Crippen LogP contribution in [0.3, 0.4) is 0 Å². The first-order valence-electron chi connectivity index (χ1n) is 6.92. The van der Waals surface area contributed by atoms with Crippen LogP contribution in [0.25, 0.3) is 0 Å². The number of para-hydroxylation sites is 1. The molecule has 21 heavy (non-hydrogen) atoms. The van der Waals surface area contributed by atoms with E-state index in [1.54, 1.807) is 14.0 Å². The lowest BCUT2D eigenvalue weighted by Crippen LogP contribution is -2.13. The van der Waals surface area contributed by atoms with Gasteiger partial charge in [0, 0.05) is 5.56 Å². The van der Waals surface area contributed by atoms with E-state index in [0.717, 1.165) is 5.56 Å². The number of nitrogens with one attached hydrogen (secondary N) is 1. The highest BCUT2D eigenvalue weighted by Gasteiger charge is 2.18. The molecular formula is C17H19F2NO. The lowest BCUT2D eigenvalue weighted by atomic mass is 10.0. The van der Waals surface area contributed by atoms with E-state index in [1.165, 1.54) is 12.1 Å². The third-order valence-electron chi connectivity index (χ3n) is 3.53. The van der Waals surface area contributed by atoms with Crippen LogP contribution in [0.1, 0.15) is 30.5 Å². The molecule has 0 spiro atoms. The fraction of sp³-hybridized carbons (Fsp3) is 0.294. The third kappa shape index (κ3) is 3.15. The van der Waals surface area contributed by atoms with E-state index in [2.05, 4.69) is 5.32 Å². The molecule has 0 aliphatic heterocycles. The topological polar surface area (TPSA) is 21.3 Å². The van der Waals surface area contributed by atoms with Crippen molar-refractivity contribution in [3.63, 3.8) is 0 Å². The Morgan fingerprint density at radius 2 is 1.86 bits per heavy atom. The summed E-state index contributed by atoms with van der Waals surface area (Å²) in [4.78, 5) is 0. The van der Waals surface area contributed by atoms with Crippen molar-refractivity contribution in [2.45, 2.75) is 26.3 Å². The average Bonchev–Trinajstić information content (AvgIpc) is 2.51. The van der Waals surface area contributed by atoms with Crippen molar-refractivity contribution in [3.8, 4) is 5.75 Å². The molecule has 0 aliphatic carbocycles. The number of ether oxygens (including phenoxy) is 1. The largest absolute Gasteiger partial charge is 0.496 e. The molecule has 1 atom stereocenters. The number of rotatable bonds is 5. The van der Waals surface area contributed by atoms with Gasteiger partial charge in [0.2, 0.25) is 0 Å². The minimum atomic E-state index is -0.591. The molecule has 0 aromatic heterocycles. The van der Waals surface area contributed by atoms with Gasteiger partial charge in [0.15, 0.2) is 5.82 Å². The zero-order chi connectivity index (χ0) is 15.4. The van der Waals surface area contributed by atoms with Crippen LogP contribution in [0.2, 0.25) is 0 Å². The average molecular weight is 291 g/mol. The molecule has 112 valence electrons. The van der Waals surface area contributed by atoms with Crippen LogP contribution in [0, 0.1) is 18.6 Å². The summed E-state index contributed by atoms with van der Waals surface area (Å²) in [6, 6.07) is 9.95. The lowest BCUT2D eigenvalue weighted by molar-refractivity contribution is 0.406. The van der Waals surface area contributed by atoms with Crippen molar-refractivity contribution in [2.75, 3.05) is 12.4 Å². The van der Waals surface area contributed by atoms with Gasteiger partial charge in [0.05, 0.1) is 13.2 Å². The van der Waals surface area contributed by atoms with E-state index < -0.39 is 11.6 Å². The molecule has 0 saturated carbocycles. The Balaban J connectivity index is 2.38. The van der Waals surface area contributed by atoms with Gasteiger partial charge in [0.25, 0.3) is 0 Å². The molecule has 0 fully saturated rings. The predicted octanol–water partition coefficient (Wildman–Crippen LogP) is 4.85. The molecule has 0 radical (unpaired) electrons.